The summed E-state index contributed by atoms with van der Waals surface area (Å²) in [5.74, 6) is 1.82. The van der Waals surface area contributed by atoms with E-state index in [2.05, 4.69) is 42.3 Å². The van der Waals surface area contributed by atoms with Gasteiger partial charge < -0.3 is 19.5 Å². The van der Waals surface area contributed by atoms with Gasteiger partial charge in [0, 0.05) is 12.6 Å². The van der Waals surface area contributed by atoms with Crippen molar-refractivity contribution >= 4 is 33.4 Å². The van der Waals surface area contributed by atoms with Crippen LogP contribution in [0.3, 0.4) is 0 Å². The molecule has 5 aromatic rings. The normalized spacial score (nSPS) is 13.6. The molecule has 0 amide bonds. The number of Topliss-reactive ketones (excluding diaryl/α,β-unsaturated/α-hetero) is 1. The minimum Gasteiger partial charge on any atom is -0.508 e. The molecule has 0 spiro atoms. The first kappa shape index (κ1) is 28.5. The highest BCUT2D eigenvalue weighted by atomic mass is 16.5. The van der Waals surface area contributed by atoms with Crippen molar-refractivity contribution in [2.45, 2.75) is 38.6 Å². The Bertz CT molecular complexity index is 1740. The molecule has 1 aliphatic heterocycles. The summed E-state index contributed by atoms with van der Waals surface area (Å²) >= 11 is 0. The van der Waals surface area contributed by atoms with Gasteiger partial charge in [-0.3, -0.25) is 4.79 Å². The van der Waals surface area contributed by atoms with Gasteiger partial charge in [0.05, 0.1) is 12.2 Å². The van der Waals surface area contributed by atoms with Crippen LogP contribution in [0, 0.1) is 0 Å². The van der Waals surface area contributed by atoms with Gasteiger partial charge in [-0.25, -0.2) is 0 Å². The summed E-state index contributed by atoms with van der Waals surface area (Å²) in [4.78, 5) is 15.6. The second-order valence-electron chi connectivity index (χ2n) is 11.4. The Balaban J connectivity index is 0.994. The molecule has 0 atom stereocenters. The average molecular weight is 572 g/mol. The lowest BCUT2D eigenvalue weighted by atomic mass is 9.96. The summed E-state index contributed by atoms with van der Waals surface area (Å²) < 4.78 is 12.1. The van der Waals surface area contributed by atoms with Gasteiger partial charge >= 0.3 is 0 Å². The number of unbranched alkanes of at least 4 members (excludes halogenated alkanes) is 4. The fourth-order valence-corrected chi connectivity index (χ4v) is 5.84. The van der Waals surface area contributed by atoms with Crippen LogP contribution in [0.15, 0.2) is 103 Å². The van der Waals surface area contributed by atoms with E-state index in [0.717, 1.165) is 70.8 Å². The maximum atomic E-state index is 13.3. The van der Waals surface area contributed by atoms with Gasteiger partial charge in [-0.1, -0.05) is 79.9 Å². The number of rotatable bonds is 12. The first-order chi connectivity index (χ1) is 21.0. The van der Waals surface area contributed by atoms with Crippen LogP contribution in [0.4, 0.5) is 0 Å². The van der Waals surface area contributed by atoms with E-state index in [1.807, 2.05) is 66.7 Å². The van der Waals surface area contributed by atoms with E-state index in [1.54, 1.807) is 6.07 Å². The van der Waals surface area contributed by atoms with E-state index >= 15 is 0 Å². The van der Waals surface area contributed by atoms with E-state index in [4.69, 9.17) is 9.47 Å². The fourth-order valence-electron chi connectivity index (χ4n) is 5.84. The molecule has 1 heterocycles. The molecule has 1 N–H and O–H groups in total. The lowest BCUT2D eigenvalue weighted by Crippen LogP contribution is -2.18. The predicted molar refractivity (Wildman–Crippen MR) is 174 cm³/mol. The average Bonchev–Trinajstić information content (AvgIpc) is 3.32. The number of aromatic hydroxyl groups is 1. The van der Waals surface area contributed by atoms with Crippen LogP contribution in [-0.2, 0) is 6.54 Å². The van der Waals surface area contributed by atoms with Crippen molar-refractivity contribution in [1.29, 1.82) is 0 Å². The fraction of sp³-hybridized carbons (Fsp3) is 0.237. The molecule has 0 saturated heterocycles. The molecule has 0 fully saturated rings. The highest BCUT2D eigenvalue weighted by Crippen LogP contribution is 2.37. The van der Waals surface area contributed by atoms with E-state index in [1.165, 1.54) is 12.8 Å². The summed E-state index contributed by atoms with van der Waals surface area (Å²) in [5, 5.41) is 14.1. The minimum atomic E-state index is -0.105. The van der Waals surface area contributed by atoms with Crippen LogP contribution in [0.5, 0.6) is 17.2 Å². The number of carbonyl (C=O) groups is 1. The topological polar surface area (TPSA) is 59.0 Å². The number of fused-ring (bicyclic) bond motifs is 3. The third kappa shape index (κ3) is 6.73. The standard InChI is InChI=1S/C38H37NO4/c1-39(26-27-12-11-15-30(40)22-27)20-9-3-2-4-10-21-42-31-18-19-34-36(24-31)43-37(38(34)41)25-35-32-16-7-5-13-28(32)23-29-14-6-8-17-33(29)35/h5-8,11-19,22-25,40H,2-4,9-10,20-21,26H2,1H3/b37-25-. The Hall–Kier alpha value is -4.61. The molecule has 0 aliphatic carbocycles. The Labute approximate surface area is 253 Å². The highest BCUT2D eigenvalue weighted by molar-refractivity contribution is 6.17. The minimum absolute atomic E-state index is 0.105. The molecule has 218 valence electrons. The van der Waals surface area contributed by atoms with E-state index in [-0.39, 0.29) is 5.78 Å². The zero-order valence-corrected chi connectivity index (χ0v) is 24.6. The van der Waals surface area contributed by atoms with Crippen molar-refractivity contribution in [2.75, 3.05) is 20.2 Å². The molecule has 0 bridgehead atoms. The van der Waals surface area contributed by atoms with Crippen molar-refractivity contribution in [3.63, 3.8) is 0 Å². The molecular weight excluding hydrogens is 534 g/mol. The van der Waals surface area contributed by atoms with Crippen LogP contribution < -0.4 is 9.47 Å². The molecular formula is C38H37NO4. The second-order valence-corrected chi connectivity index (χ2v) is 11.4. The number of ketones is 1. The third-order valence-electron chi connectivity index (χ3n) is 8.05. The van der Waals surface area contributed by atoms with Gasteiger partial charge in [-0.05, 0) is 95.5 Å². The van der Waals surface area contributed by atoms with Crippen molar-refractivity contribution < 1.29 is 19.4 Å². The van der Waals surface area contributed by atoms with Crippen LogP contribution in [0.25, 0.3) is 27.6 Å². The summed E-state index contributed by atoms with van der Waals surface area (Å²) in [6.07, 6.45) is 7.48. The molecule has 0 radical (unpaired) electrons. The van der Waals surface area contributed by atoms with Crippen molar-refractivity contribution in [3.05, 3.63) is 120 Å². The zero-order valence-electron chi connectivity index (χ0n) is 24.6. The highest BCUT2D eigenvalue weighted by Gasteiger charge is 2.28. The van der Waals surface area contributed by atoms with E-state index < -0.39 is 0 Å². The maximum absolute atomic E-state index is 13.3. The van der Waals surface area contributed by atoms with Gasteiger partial charge in [-0.15, -0.1) is 0 Å². The number of hydrogen-bond donors (Lipinski definition) is 1. The lowest BCUT2D eigenvalue weighted by Gasteiger charge is -2.16. The molecule has 0 unspecified atom stereocenters. The Morgan fingerprint density at radius 2 is 1.51 bits per heavy atom. The number of phenols is 1. The first-order valence-electron chi connectivity index (χ1n) is 15.1. The Morgan fingerprint density at radius 3 is 2.28 bits per heavy atom. The van der Waals surface area contributed by atoms with Crippen molar-refractivity contribution in [3.8, 4) is 17.2 Å². The molecule has 0 saturated carbocycles. The van der Waals surface area contributed by atoms with Crippen molar-refractivity contribution in [1.82, 2.24) is 4.90 Å². The summed E-state index contributed by atoms with van der Waals surface area (Å²) in [7, 11) is 2.12. The lowest BCUT2D eigenvalue weighted by molar-refractivity contribution is 0.101. The number of benzene rings is 5. The van der Waals surface area contributed by atoms with Crippen LogP contribution in [0.2, 0.25) is 0 Å². The Kier molecular flexibility index (Phi) is 8.71. The maximum Gasteiger partial charge on any atom is 0.231 e. The molecule has 1 aliphatic rings. The van der Waals surface area contributed by atoms with Gasteiger partial charge in [0.2, 0.25) is 5.78 Å². The summed E-state index contributed by atoms with van der Waals surface area (Å²) in [6, 6.07) is 31.6. The summed E-state index contributed by atoms with van der Waals surface area (Å²) in [5.41, 5.74) is 2.69. The molecule has 5 aromatic carbocycles. The largest absolute Gasteiger partial charge is 0.508 e. The Morgan fingerprint density at radius 1 is 0.791 bits per heavy atom. The van der Waals surface area contributed by atoms with Crippen molar-refractivity contribution in [2.24, 2.45) is 0 Å². The number of hydrogen-bond acceptors (Lipinski definition) is 5. The predicted octanol–water partition coefficient (Wildman–Crippen LogP) is 8.78. The number of carbonyl (C=O) groups excluding carboxylic acids is 1. The zero-order chi connectivity index (χ0) is 29.6. The SMILES string of the molecule is CN(CCCCCCCOc1ccc2c(c1)O/C(=C\c1c3ccccc3cc3ccccc13)C2=O)Cc1cccc(O)c1. The monoisotopic (exact) mass is 571 g/mol. The third-order valence-corrected chi connectivity index (χ3v) is 8.05. The molecule has 5 heteroatoms. The molecule has 0 aromatic heterocycles. The van der Waals surface area contributed by atoms with Crippen LogP contribution in [-0.4, -0.2) is 36.0 Å². The molecule has 6 rings (SSSR count). The van der Waals surface area contributed by atoms with Gasteiger partial charge in [0.1, 0.15) is 17.2 Å². The second kappa shape index (κ2) is 13.1. The number of nitrogens with zero attached hydrogens (tertiary/aromatic N) is 1. The van der Waals surface area contributed by atoms with Crippen LogP contribution in [0.1, 0.15) is 53.6 Å². The quantitative estimate of drug-likeness (QED) is 0.0921. The number of ether oxygens (including phenoxy) is 2. The van der Waals surface area contributed by atoms with E-state index in [0.29, 0.717) is 29.4 Å². The smallest absolute Gasteiger partial charge is 0.231 e. The van der Waals surface area contributed by atoms with Gasteiger partial charge in [0.15, 0.2) is 5.76 Å². The van der Waals surface area contributed by atoms with E-state index in [9.17, 15) is 9.90 Å². The van der Waals surface area contributed by atoms with Gasteiger partial charge in [0.25, 0.3) is 0 Å². The van der Waals surface area contributed by atoms with Gasteiger partial charge in [-0.2, -0.15) is 0 Å². The number of allylic oxidation sites excluding steroid dienone is 1. The first-order valence-corrected chi connectivity index (χ1v) is 15.1. The van der Waals surface area contributed by atoms with Crippen LogP contribution >= 0.6 is 0 Å². The molecule has 43 heavy (non-hydrogen) atoms. The number of phenolic OH excluding ortho intramolecular Hbond substituents is 1. The molecule has 5 nitrogen and oxygen atoms in total. The summed E-state index contributed by atoms with van der Waals surface area (Å²) in [6.45, 7) is 2.51.